The van der Waals surface area contributed by atoms with Crippen LogP contribution in [0.25, 0.3) is 0 Å². The highest BCUT2D eigenvalue weighted by Crippen LogP contribution is 2.16. The molecule has 0 bridgehead atoms. The fraction of sp³-hybridized carbons (Fsp3) is 0.400. The van der Waals surface area contributed by atoms with E-state index < -0.39 is 0 Å². The molecule has 1 heterocycles. The normalized spacial score (nSPS) is 9.86. The van der Waals surface area contributed by atoms with E-state index in [1.807, 2.05) is 11.8 Å². The van der Waals surface area contributed by atoms with Crippen LogP contribution in [0.5, 0.6) is 0 Å². The summed E-state index contributed by atoms with van der Waals surface area (Å²) in [5.41, 5.74) is 6.81. The van der Waals surface area contributed by atoms with Crippen molar-refractivity contribution in [3.05, 3.63) is 24.5 Å². The maximum atomic E-state index is 5.73. The molecule has 4 heteroatoms. The third-order valence-corrected chi connectivity index (χ3v) is 1.85. The number of rotatable bonds is 4. The summed E-state index contributed by atoms with van der Waals surface area (Å²) in [6.07, 6.45) is 3.24. The van der Waals surface area contributed by atoms with E-state index in [2.05, 4.69) is 23.5 Å². The molecule has 0 saturated heterocycles. The number of nitrogens with two attached hydrogens (primary N) is 1. The first-order valence-corrected chi connectivity index (χ1v) is 4.61. The summed E-state index contributed by atoms with van der Waals surface area (Å²) >= 11 is 0. The minimum atomic E-state index is 0.468. The molecular formula is C10H16N4. The largest absolute Gasteiger partial charge is 0.381 e. The van der Waals surface area contributed by atoms with E-state index >= 15 is 0 Å². The Hall–Kier alpha value is -1.58. The van der Waals surface area contributed by atoms with Gasteiger partial charge in [-0.05, 0) is 13.8 Å². The fourth-order valence-electron chi connectivity index (χ4n) is 1.25. The van der Waals surface area contributed by atoms with Crippen molar-refractivity contribution in [1.82, 2.24) is 9.97 Å². The molecule has 1 aromatic rings. The van der Waals surface area contributed by atoms with Gasteiger partial charge in [-0.15, -0.1) is 0 Å². The highest BCUT2D eigenvalue weighted by Gasteiger charge is 2.09. The van der Waals surface area contributed by atoms with Crippen LogP contribution in [0.1, 0.15) is 13.8 Å². The molecule has 0 saturated carbocycles. The Bertz CT molecular complexity index is 322. The van der Waals surface area contributed by atoms with Crippen molar-refractivity contribution in [3.63, 3.8) is 0 Å². The molecule has 0 atom stereocenters. The molecule has 0 radical (unpaired) electrons. The van der Waals surface area contributed by atoms with Gasteiger partial charge in [0, 0.05) is 25.5 Å². The Morgan fingerprint density at radius 1 is 1.50 bits per heavy atom. The standard InChI is InChI=1S/C10H16N4/c1-4-14(7-8(2)3)10-9(11)12-5-6-13-10/h5-6H,2,4,7H2,1,3H3,(H2,11,12). The van der Waals surface area contributed by atoms with E-state index in [4.69, 9.17) is 5.73 Å². The summed E-state index contributed by atoms with van der Waals surface area (Å²) in [6, 6.07) is 0. The lowest BCUT2D eigenvalue weighted by molar-refractivity contribution is 0.856. The summed E-state index contributed by atoms with van der Waals surface area (Å²) in [6.45, 7) is 9.51. The van der Waals surface area contributed by atoms with E-state index in [-0.39, 0.29) is 0 Å². The van der Waals surface area contributed by atoms with Crippen LogP contribution >= 0.6 is 0 Å². The number of likely N-dealkylation sites (N-methyl/N-ethyl adjacent to an activating group) is 1. The van der Waals surface area contributed by atoms with Crippen molar-refractivity contribution in [3.8, 4) is 0 Å². The Balaban J connectivity index is 2.89. The number of hydrogen-bond donors (Lipinski definition) is 1. The molecule has 4 nitrogen and oxygen atoms in total. The van der Waals surface area contributed by atoms with E-state index in [9.17, 15) is 0 Å². The Morgan fingerprint density at radius 3 is 2.64 bits per heavy atom. The highest BCUT2D eigenvalue weighted by atomic mass is 15.2. The molecule has 0 aliphatic rings. The van der Waals surface area contributed by atoms with Crippen molar-refractivity contribution in [1.29, 1.82) is 0 Å². The van der Waals surface area contributed by atoms with Gasteiger partial charge in [-0.2, -0.15) is 0 Å². The number of anilines is 2. The molecule has 0 amide bonds. The second-order valence-electron chi connectivity index (χ2n) is 3.24. The van der Waals surface area contributed by atoms with Crippen LogP contribution in [0.2, 0.25) is 0 Å². The molecule has 1 aromatic heterocycles. The van der Waals surface area contributed by atoms with Crippen LogP contribution in [-0.2, 0) is 0 Å². The third kappa shape index (κ3) is 2.45. The van der Waals surface area contributed by atoms with E-state index in [1.165, 1.54) is 0 Å². The maximum Gasteiger partial charge on any atom is 0.171 e. The average molecular weight is 192 g/mol. The molecule has 0 aromatic carbocycles. The summed E-state index contributed by atoms with van der Waals surface area (Å²) in [4.78, 5) is 10.2. The van der Waals surface area contributed by atoms with Crippen molar-refractivity contribution >= 4 is 11.6 Å². The summed E-state index contributed by atoms with van der Waals surface area (Å²) in [7, 11) is 0. The van der Waals surface area contributed by atoms with Gasteiger partial charge in [0.15, 0.2) is 11.6 Å². The van der Waals surface area contributed by atoms with Crippen molar-refractivity contribution in [2.75, 3.05) is 23.7 Å². The first-order chi connectivity index (χ1) is 6.65. The zero-order chi connectivity index (χ0) is 10.6. The number of nitrogens with zero attached hydrogens (tertiary/aromatic N) is 3. The SMILES string of the molecule is C=C(C)CN(CC)c1nccnc1N. The second kappa shape index (κ2) is 4.60. The first-order valence-electron chi connectivity index (χ1n) is 4.61. The van der Waals surface area contributed by atoms with Crippen LogP contribution in [0.4, 0.5) is 11.6 Å². The Kier molecular flexibility index (Phi) is 3.45. The van der Waals surface area contributed by atoms with Crippen LogP contribution in [-0.4, -0.2) is 23.1 Å². The summed E-state index contributed by atoms with van der Waals surface area (Å²) < 4.78 is 0. The minimum Gasteiger partial charge on any atom is -0.381 e. The van der Waals surface area contributed by atoms with Gasteiger partial charge in [0.2, 0.25) is 0 Å². The Morgan fingerprint density at radius 2 is 2.14 bits per heavy atom. The van der Waals surface area contributed by atoms with Gasteiger partial charge < -0.3 is 10.6 Å². The van der Waals surface area contributed by atoms with Crippen LogP contribution in [0.15, 0.2) is 24.5 Å². The molecule has 1 rings (SSSR count). The van der Waals surface area contributed by atoms with Crippen molar-refractivity contribution in [2.45, 2.75) is 13.8 Å². The van der Waals surface area contributed by atoms with Gasteiger partial charge >= 0.3 is 0 Å². The number of aromatic nitrogens is 2. The molecule has 14 heavy (non-hydrogen) atoms. The van der Waals surface area contributed by atoms with E-state index in [1.54, 1.807) is 12.4 Å². The molecule has 0 unspecified atom stereocenters. The highest BCUT2D eigenvalue weighted by molar-refractivity contribution is 5.57. The first kappa shape index (κ1) is 10.5. The molecule has 0 aliphatic carbocycles. The Labute approximate surface area is 84.5 Å². The van der Waals surface area contributed by atoms with E-state index in [0.29, 0.717) is 5.82 Å². The maximum absolute atomic E-state index is 5.73. The van der Waals surface area contributed by atoms with Crippen molar-refractivity contribution in [2.24, 2.45) is 0 Å². The molecule has 0 spiro atoms. The van der Waals surface area contributed by atoms with Gasteiger partial charge in [0.25, 0.3) is 0 Å². The van der Waals surface area contributed by atoms with Gasteiger partial charge in [-0.25, -0.2) is 9.97 Å². The van der Waals surface area contributed by atoms with Crippen LogP contribution in [0, 0.1) is 0 Å². The number of hydrogen-bond acceptors (Lipinski definition) is 4. The number of nitrogen functional groups attached to an aromatic ring is 1. The van der Waals surface area contributed by atoms with Gasteiger partial charge in [0.05, 0.1) is 0 Å². The van der Waals surface area contributed by atoms with Gasteiger partial charge in [-0.1, -0.05) is 12.2 Å². The summed E-state index contributed by atoms with van der Waals surface area (Å²) in [5.74, 6) is 1.20. The lowest BCUT2D eigenvalue weighted by atomic mass is 10.3. The average Bonchev–Trinajstić information content (AvgIpc) is 2.15. The molecule has 2 N–H and O–H groups in total. The van der Waals surface area contributed by atoms with Gasteiger partial charge in [-0.3, -0.25) is 0 Å². The van der Waals surface area contributed by atoms with Crippen molar-refractivity contribution < 1.29 is 0 Å². The molecule has 0 fully saturated rings. The van der Waals surface area contributed by atoms with Crippen LogP contribution < -0.4 is 10.6 Å². The summed E-state index contributed by atoms with van der Waals surface area (Å²) in [5, 5.41) is 0. The zero-order valence-corrected chi connectivity index (χ0v) is 8.70. The predicted octanol–water partition coefficient (Wildman–Crippen LogP) is 1.46. The second-order valence-corrected chi connectivity index (χ2v) is 3.24. The monoisotopic (exact) mass is 192 g/mol. The lowest BCUT2D eigenvalue weighted by Gasteiger charge is -2.22. The van der Waals surface area contributed by atoms with Gasteiger partial charge in [0.1, 0.15) is 0 Å². The third-order valence-electron chi connectivity index (χ3n) is 1.85. The quantitative estimate of drug-likeness (QED) is 0.734. The zero-order valence-electron chi connectivity index (χ0n) is 8.70. The minimum absolute atomic E-state index is 0.468. The predicted molar refractivity (Wildman–Crippen MR) is 59.1 cm³/mol. The van der Waals surface area contributed by atoms with E-state index in [0.717, 1.165) is 24.5 Å². The molecular weight excluding hydrogens is 176 g/mol. The molecule has 76 valence electrons. The topological polar surface area (TPSA) is 55.0 Å². The smallest absolute Gasteiger partial charge is 0.171 e. The fourth-order valence-corrected chi connectivity index (χ4v) is 1.25. The van der Waals surface area contributed by atoms with Crippen LogP contribution in [0.3, 0.4) is 0 Å². The lowest BCUT2D eigenvalue weighted by Crippen LogP contribution is -2.26. The molecule has 0 aliphatic heterocycles.